The van der Waals surface area contributed by atoms with Gasteiger partial charge in [0.05, 0.1) is 66.1 Å². The van der Waals surface area contributed by atoms with Crippen LogP contribution < -0.4 is 39.5 Å². The molecule has 0 saturated heterocycles. The van der Waals surface area contributed by atoms with Crippen LogP contribution in [0.4, 0.5) is 17.3 Å². The first-order valence-corrected chi connectivity index (χ1v) is 32.2. The molecule has 0 amide bonds. The Morgan fingerprint density at radius 3 is 1.54 bits per heavy atom. The van der Waals surface area contributed by atoms with Gasteiger partial charge in [0.25, 0.3) is 0 Å². The van der Waals surface area contributed by atoms with Gasteiger partial charge in [-0.3, -0.25) is 0 Å². The van der Waals surface area contributed by atoms with Crippen LogP contribution in [-0.4, -0.2) is 83.4 Å². The maximum atomic E-state index is 6.10. The van der Waals surface area contributed by atoms with Crippen LogP contribution in [-0.2, 0) is 15.1 Å². The molecule has 0 radical (unpaired) electrons. The van der Waals surface area contributed by atoms with E-state index in [0.717, 1.165) is 58.2 Å². The number of halogens is 5. The quantitative estimate of drug-likeness (QED) is 0.0591. The van der Waals surface area contributed by atoms with Crippen LogP contribution in [0, 0.1) is 27.7 Å². The van der Waals surface area contributed by atoms with Crippen molar-refractivity contribution < 1.29 is 52.4 Å². The van der Waals surface area contributed by atoms with Gasteiger partial charge < -0.3 is 53.2 Å². The van der Waals surface area contributed by atoms with Crippen LogP contribution >= 0.6 is 62.8 Å². The van der Waals surface area contributed by atoms with Crippen molar-refractivity contribution in [1.29, 1.82) is 0 Å². The van der Waals surface area contributed by atoms with Gasteiger partial charge in [-0.2, -0.15) is 9.97 Å². The van der Waals surface area contributed by atoms with Crippen molar-refractivity contribution in [3.8, 4) is 69.2 Å². The van der Waals surface area contributed by atoms with Crippen LogP contribution in [0.2, 0.25) is 5.28 Å². The Morgan fingerprint density at radius 2 is 1.09 bits per heavy atom. The fraction of sp³-hybridized carbons (Fsp3) is 0.255. The molecule has 0 spiro atoms. The van der Waals surface area contributed by atoms with Gasteiger partial charge >= 0.3 is 34.5 Å². The van der Waals surface area contributed by atoms with Gasteiger partial charge in [0, 0.05) is 29.7 Å². The molecule has 4 heterocycles. The van der Waals surface area contributed by atoms with Crippen molar-refractivity contribution in [3.63, 3.8) is 0 Å². The molecule has 23 heteroatoms. The first-order valence-electron chi connectivity index (χ1n) is 22.4. The summed E-state index contributed by atoms with van der Waals surface area (Å²) in [6.45, 7) is 14.2. The van der Waals surface area contributed by atoms with Gasteiger partial charge in [-0.15, -0.1) is 0 Å². The molecule has 0 bridgehead atoms. The third-order valence-electron chi connectivity index (χ3n) is 9.97. The molecule has 0 aliphatic rings. The number of nitrogens with zero attached hydrogens (tertiary/aromatic N) is 7. The van der Waals surface area contributed by atoms with Crippen LogP contribution in [0.15, 0.2) is 115 Å². The van der Waals surface area contributed by atoms with Gasteiger partial charge in [0.15, 0.2) is 23.0 Å². The van der Waals surface area contributed by atoms with E-state index < -0.39 is 15.1 Å². The third kappa shape index (κ3) is 18.3. The number of aromatic nitrogens is 6. The van der Waals surface area contributed by atoms with E-state index in [0.29, 0.717) is 72.9 Å². The minimum absolute atomic E-state index is 0.109. The number of anilines is 3. The van der Waals surface area contributed by atoms with Crippen molar-refractivity contribution in [1.82, 2.24) is 34.8 Å². The van der Waals surface area contributed by atoms with Crippen LogP contribution in [0.25, 0.3) is 22.9 Å². The fourth-order valence-corrected chi connectivity index (χ4v) is 6.95. The van der Waals surface area contributed by atoms with Crippen LogP contribution in [0.1, 0.15) is 36.4 Å². The molecule has 4 aromatic heterocycles. The molecule has 0 unspecified atom stereocenters. The van der Waals surface area contributed by atoms with Crippen molar-refractivity contribution in [2.45, 2.75) is 41.5 Å². The number of para-hydroxylation sites is 2. The average molecular weight is 1250 g/mol. The zero-order valence-corrected chi connectivity index (χ0v) is 51.1. The van der Waals surface area contributed by atoms with Crippen LogP contribution in [0.5, 0.6) is 46.3 Å². The average Bonchev–Trinajstić information content (AvgIpc) is 4.04. The summed E-state index contributed by atoms with van der Waals surface area (Å²) in [6.07, 6.45) is 6.34. The van der Waals surface area contributed by atoms with E-state index in [1.807, 2.05) is 88.4 Å². The fourth-order valence-electron chi connectivity index (χ4n) is 6.28. The number of nitrogens with one attached hydrogen (secondary N) is 1. The Balaban J connectivity index is 0.000000241. The van der Waals surface area contributed by atoms with Gasteiger partial charge in [-0.25, -0.2) is 19.9 Å². The summed E-state index contributed by atoms with van der Waals surface area (Å²) in [7, 11) is 18.4. The maximum absolute atomic E-state index is 6.10. The molecule has 74 heavy (non-hydrogen) atoms. The molecule has 0 aliphatic carbocycles. The molecule has 17 nitrogen and oxygen atoms in total. The molecular weight excluding hydrogens is 1200 g/mol. The molecule has 8 aromatic rings. The first kappa shape index (κ1) is 60.8. The van der Waals surface area contributed by atoms with E-state index in [2.05, 4.69) is 92.9 Å². The molecule has 390 valence electrons. The van der Waals surface area contributed by atoms with Crippen molar-refractivity contribution in [3.05, 3.63) is 134 Å². The number of ether oxygens (including phenoxy) is 6. The predicted molar refractivity (Wildman–Crippen MR) is 295 cm³/mol. The number of nitrogen functional groups attached to an aromatic ring is 1. The molecule has 0 fully saturated rings. The Hall–Kier alpha value is -5.73. The summed E-state index contributed by atoms with van der Waals surface area (Å²) in [5.41, 5.74) is 12.0. The summed E-state index contributed by atoms with van der Waals surface area (Å²) in [5.74, 6) is 5.82. The molecule has 4 aromatic carbocycles. The standard InChI is InChI=1S/C23H21BrN4O4.C14H9BrClN3O2.C9H13NO2.C5H13N.2ClH.Zn/c1-13-9-15(10-19(29-3)20(13)30-4)27-23-25-11-17(24)22(28-23)32-18-8-6-5-7-16(18)21-26-14(2)12-31-21;1-8-7-20-12(18-8)9-4-2-3-5-11(9)21-13-10(15)6-17-14(16)19-13;1-6-4-7(10)5-8(11-2)9(6)12-3;1-4-6(3)5-2;;;/h5-12H,1-4H3,(H,25,27,28);2-7H,1H3;4-5H,10H2,1-3H3;4-5H2,1-3H3;2*1H;/q;;;;;;+2/p-2. The number of nitrogens with two attached hydrogens (primary N) is 1. The van der Waals surface area contributed by atoms with E-state index >= 15 is 0 Å². The molecular formula is C51H56Br2Cl3N9O8Zn. The molecule has 3 N–H and O–H groups in total. The Labute approximate surface area is 468 Å². The molecule has 8 rings (SSSR count). The Morgan fingerprint density at radius 1 is 0.635 bits per heavy atom. The Bertz CT molecular complexity index is 3020. The molecule has 0 aliphatic heterocycles. The number of hydrogen-bond acceptors (Lipinski definition) is 17. The third-order valence-corrected chi connectivity index (χ3v) is 11.2. The zero-order valence-electron chi connectivity index (χ0n) is 42.7. The monoisotopic (exact) mass is 1250 g/mol. The second-order valence-corrected chi connectivity index (χ2v) is 21.9. The predicted octanol–water partition coefficient (Wildman–Crippen LogP) is 14.6. The minimum atomic E-state index is -0.931. The van der Waals surface area contributed by atoms with Crippen LogP contribution in [0.3, 0.4) is 0 Å². The van der Waals surface area contributed by atoms with Crippen molar-refractivity contribution >= 4 is 80.2 Å². The number of benzene rings is 4. The van der Waals surface area contributed by atoms with Gasteiger partial charge in [-0.1, -0.05) is 38.1 Å². The summed E-state index contributed by atoms with van der Waals surface area (Å²) in [5, 5.41) is 3.29. The molecule has 0 atom stereocenters. The number of methoxy groups -OCH3 is 4. The zero-order chi connectivity index (χ0) is 54.3. The number of oxazole rings is 2. The SMILES string of the molecule is CCN(C)CC.COc1cc(N)cc(C)c1OC.COc1cc(Nc2ncc(Br)c(Oc3ccccc3-c3nc(C)co3)n2)cc(C)c1OC.Cc1coc(-c2ccccc2Oc2nc(Cl)ncc2Br)n1.[Cl][Zn][Cl]. The summed E-state index contributed by atoms with van der Waals surface area (Å²) >= 11 is 11.6. The van der Waals surface area contributed by atoms with Gasteiger partial charge in [0.1, 0.15) is 24.0 Å². The summed E-state index contributed by atoms with van der Waals surface area (Å²) in [4.78, 5) is 27.7. The second kappa shape index (κ2) is 31.2. The summed E-state index contributed by atoms with van der Waals surface area (Å²) in [6, 6.07) is 22.2. The first-order chi connectivity index (χ1) is 35.5. The Kier molecular flexibility index (Phi) is 25.7. The second-order valence-electron chi connectivity index (χ2n) is 15.2. The summed E-state index contributed by atoms with van der Waals surface area (Å²) < 4.78 is 45.1. The van der Waals surface area contributed by atoms with E-state index in [4.69, 9.17) is 74.0 Å². The van der Waals surface area contributed by atoms with E-state index in [1.54, 1.807) is 59.3 Å². The van der Waals surface area contributed by atoms with E-state index in [-0.39, 0.29) is 5.28 Å². The number of aryl methyl sites for hydroxylation is 4. The van der Waals surface area contributed by atoms with Gasteiger partial charge in [0.2, 0.25) is 34.8 Å². The normalized spacial score (nSPS) is 10.1. The molecule has 0 saturated carbocycles. The van der Waals surface area contributed by atoms with E-state index in [1.165, 1.54) is 6.20 Å². The van der Waals surface area contributed by atoms with Crippen molar-refractivity contribution in [2.24, 2.45) is 0 Å². The van der Waals surface area contributed by atoms with E-state index in [9.17, 15) is 0 Å². The van der Waals surface area contributed by atoms with Crippen molar-refractivity contribution in [2.75, 3.05) is 59.6 Å². The number of hydrogen-bond donors (Lipinski definition) is 2. The van der Waals surface area contributed by atoms with Gasteiger partial charge in [-0.05, 0) is 139 Å². The topological polar surface area (TPSA) is 200 Å². The number of rotatable bonds is 14.